The van der Waals surface area contributed by atoms with Gasteiger partial charge in [0.05, 0.1) is 5.39 Å². The molecular formula is C16H23N5. The van der Waals surface area contributed by atoms with Crippen molar-refractivity contribution in [3.63, 3.8) is 0 Å². The summed E-state index contributed by atoms with van der Waals surface area (Å²) in [6.45, 7) is 9.78. The molecule has 3 heterocycles. The Bertz CT molecular complexity index is 640. The maximum atomic E-state index is 4.51. The molecule has 5 nitrogen and oxygen atoms in total. The summed E-state index contributed by atoms with van der Waals surface area (Å²) in [6, 6.07) is 2.56. The molecule has 0 spiro atoms. The van der Waals surface area contributed by atoms with Gasteiger partial charge in [-0.05, 0) is 44.9 Å². The summed E-state index contributed by atoms with van der Waals surface area (Å²) in [6.07, 6.45) is 3.99. The van der Waals surface area contributed by atoms with Gasteiger partial charge in [0.2, 0.25) is 0 Å². The minimum Gasteiger partial charge on any atom is -0.365 e. The van der Waals surface area contributed by atoms with Gasteiger partial charge in [-0.2, -0.15) is 0 Å². The molecule has 112 valence electrons. The predicted octanol–water partition coefficient (Wildman–Crippen LogP) is 2.54. The molecule has 0 radical (unpaired) electrons. The van der Waals surface area contributed by atoms with Gasteiger partial charge in [0.1, 0.15) is 12.1 Å². The summed E-state index contributed by atoms with van der Waals surface area (Å²) in [7, 11) is 0. The molecular weight excluding hydrogens is 262 g/mol. The van der Waals surface area contributed by atoms with E-state index in [4.69, 9.17) is 0 Å². The highest BCUT2D eigenvalue weighted by molar-refractivity contribution is 5.89. The number of likely N-dealkylation sites (tertiary alicyclic amines) is 1. The van der Waals surface area contributed by atoms with E-state index < -0.39 is 0 Å². The summed E-state index contributed by atoms with van der Waals surface area (Å²) in [4.78, 5) is 15.8. The largest absolute Gasteiger partial charge is 0.365 e. The van der Waals surface area contributed by atoms with Gasteiger partial charge >= 0.3 is 0 Å². The third kappa shape index (κ3) is 2.97. The highest BCUT2D eigenvalue weighted by Gasteiger charge is 2.22. The number of hydrogen-bond acceptors (Lipinski definition) is 5. The van der Waals surface area contributed by atoms with Gasteiger partial charge in [-0.15, -0.1) is 0 Å². The number of pyridine rings is 1. The van der Waals surface area contributed by atoms with Crippen molar-refractivity contribution >= 4 is 16.9 Å². The summed E-state index contributed by atoms with van der Waals surface area (Å²) in [5.74, 6) is 0.924. The first-order chi connectivity index (χ1) is 10.2. The van der Waals surface area contributed by atoms with Crippen LogP contribution in [0.1, 0.15) is 31.0 Å². The van der Waals surface area contributed by atoms with Crippen molar-refractivity contribution < 1.29 is 0 Å². The van der Waals surface area contributed by atoms with E-state index >= 15 is 0 Å². The Labute approximate surface area is 125 Å². The first-order valence-corrected chi connectivity index (χ1v) is 7.75. The van der Waals surface area contributed by atoms with Gasteiger partial charge in [0.15, 0.2) is 5.65 Å². The molecule has 1 atom stereocenters. The Morgan fingerprint density at radius 1 is 1.33 bits per heavy atom. The van der Waals surface area contributed by atoms with Crippen LogP contribution in [0, 0.1) is 13.8 Å². The first kappa shape index (κ1) is 14.2. The van der Waals surface area contributed by atoms with E-state index in [1.807, 2.05) is 6.92 Å². The van der Waals surface area contributed by atoms with Crippen LogP contribution >= 0.6 is 0 Å². The normalized spacial score (nSPS) is 19.3. The number of fused-ring (bicyclic) bond motifs is 1. The number of hydrogen-bond donors (Lipinski definition) is 1. The third-order valence-corrected chi connectivity index (χ3v) is 4.08. The van der Waals surface area contributed by atoms with Crippen LogP contribution in [-0.2, 0) is 0 Å². The lowest BCUT2D eigenvalue weighted by Gasteiger charge is -2.17. The zero-order valence-corrected chi connectivity index (χ0v) is 13.1. The molecule has 0 bridgehead atoms. The molecule has 21 heavy (non-hydrogen) atoms. The van der Waals surface area contributed by atoms with E-state index in [1.54, 1.807) is 6.33 Å². The SMILES string of the molecule is CCCN1CCC(Nc2ncnc3nc(C)cc(C)c23)C1. The number of anilines is 1. The quantitative estimate of drug-likeness (QED) is 0.935. The summed E-state index contributed by atoms with van der Waals surface area (Å²) >= 11 is 0. The van der Waals surface area contributed by atoms with Crippen molar-refractivity contribution in [2.24, 2.45) is 0 Å². The van der Waals surface area contributed by atoms with Gasteiger partial charge in [-0.25, -0.2) is 15.0 Å². The van der Waals surface area contributed by atoms with Gasteiger partial charge in [0.25, 0.3) is 0 Å². The van der Waals surface area contributed by atoms with Crippen LogP contribution in [0.3, 0.4) is 0 Å². The smallest absolute Gasteiger partial charge is 0.165 e. The van der Waals surface area contributed by atoms with Crippen molar-refractivity contribution in [2.75, 3.05) is 25.0 Å². The van der Waals surface area contributed by atoms with Crippen LogP contribution in [0.4, 0.5) is 5.82 Å². The van der Waals surface area contributed by atoms with Gasteiger partial charge in [-0.3, -0.25) is 0 Å². The molecule has 2 aromatic rings. The second kappa shape index (κ2) is 5.93. The van der Waals surface area contributed by atoms with Crippen molar-refractivity contribution in [3.8, 4) is 0 Å². The standard InChI is InChI=1S/C16H23N5/c1-4-6-21-7-5-13(9-21)20-16-14-11(2)8-12(3)19-15(14)17-10-18-16/h8,10,13H,4-7,9H2,1-3H3,(H,17,18,19,20). The zero-order valence-electron chi connectivity index (χ0n) is 13.1. The van der Waals surface area contributed by atoms with Crippen LogP contribution in [0.2, 0.25) is 0 Å². The maximum Gasteiger partial charge on any atom is 0.165 e. The van der Waals surface area contributed by atoms with Crippen LogP contribution in [0.5, 0.6) is 0 Å². The number of nitrogens with zero attached hydrogens (tertiary/aromatic N) is 4. The monoisotopic (exact) mass is 285 g/mol. The lowest BCUT2D eigenvalue weighted by atomic mass is 10.1. The van der Waals surface area contributed by atoms with Crippen molar-refractivity contribution in [1.29, 1.82) is 0 Å². The van der Waals surface area contributed by atoms with E-state index in [1.165, 1.54) is 31.5 Å². The molecule has 3 rings (SSSR count). The number of nitrogens with one attached hydrogen (secondary N) is 1. The average molecular weight is 285 g/mol. The molecule has 1 fully saturated rings. The topological polar surface area (TPSA) is 53.9 Å². The molecule has 0 amide bonds. The van der Waals surface area contributed by atoms with E-state index in [-0.39, 0.29) is 0 Å². The van der Waals surface area contributed by atoms with Crippen LogP contribution < -0.4 is 5.32 Å². The lowest BCUT2D eigenvalue weighted by Crippen LogP contribution is -2.27. The fourth-order valence-corrected chi connectivity index (χ4v) is 3.18. The third-order valence-electron chi connectivity index (χ3n) is 4.08. The van der Waals surface area contributed by atoms with E-state index in [9.17, 15) is 0 Å². The van der Waals surface area contributed by atoms with Crippen LogP contribution in [0.25, 0.3) is 11.0 Å². The number of aromatic nitrogens is 3. The molecule has 1 saturated heterocycles. The Morgan fingerprint density at radius 3 is 3.00 bits per heavy atom. The van der Waals surface area contributed by atoms with Crippen LogP contribution in [0.15, 0.2) is 12.4 Å². The minimum atomic E-state index is 0.468. The molecule has 0 saturated carbocycles. The highest BCUT2D eigenvalue weighted by atomic mass is 15.2. The molecule has 2 aromatic heterocycles. The van der Waals surface area contributed by atoms with Crippen LogP contribution in [-0.4, -0.2) is 45.5 Å². The van der Waals surface area contributed by atoms with Crippen molar-refractivity contribution in [1.82, 2.24) is 19.9 Å². The molecule has 1 aliphatic heterocycles. The Morgan fingerprint density at radius 2 is 2.19 bits per heavy atom. The fourth-order valence-electron chi connectivity index (χ4n) is 3.18. The van der Waals surface area contributed by atoms with Crippen molar-refractivity contribution in [3.05, 3.63) is 23.7 Å². The van der Waals surface area contributed by atoms with E-state index in [2.05, 4.69) is 45.1 Å². The van der Waals surface area contributed by atoms with Gasteiger partial charge < -0.3 is 10.2 Å². The lowest BCUT2D eigenvalue weighted by molar-refractivity contribution is 0.337. The zero-order chi connectivity index (χ0) is 14.8. The van der Waals surface area contributed by atoms with Gasteiger partial charge in [-0.1, -0.05) is 6.92 Å². The molecule has 1 N–H and O–H groups in total. The number of rotatable bonds is 4. The Balaban J connectivity index is 1.85. The molecule has 1 aliphatic rings. The highest BCUT2D eigenvalue weighted by Crippen LogP contribution is 2.24. The summed E-state index contributed by atoms with van der Waals surface area (Å²) < 4.78 is 0. The van der Waals surface area contributed by atoms with Gasteiger partial charge in [0, 0.05) is 24.8 Å². The van der Waals surface area contributed by atoms with Crippen molar-refractivity contribution in [2.45, 2.75) is 39.7 Å². The first-order valence-electron chi connectivity index (χ1n) is 7.75. The van der Waals surface area contributed by atoms with E-state index in [0.717, 1.165) is 29.1 Å². The molecule has 0 aromatic carbocycles. The second-order valence-electron chi connectivity index (χ2n) is 5.93. The fraction of sp³-hybridized carbons (Fsp3) is 0.562. The summed E-state index contributed by atoms with van der Waals surface area (Å²) in [5, 5.41) is 4.65. The molecule has 0 aliphatic carbocycles. The molecule has 5 heteroatoms. The van der Waals surface area contributed by atoms with E-state index in [0.29, 0.717) is 6.04 Å². The second-order valence-corrected chi connectivity index (χ2v) is 5.93. The summed E-state index contributed by atoms with van der Waals surface area (Å²) in [5.41, 5.74) is 2.97. The number of aryl methyl sites for hydroxylation is 2. The minimum absolute atomic E-state index is 0.468. The average Bonchev–Trinajstić information content (AvgIpc) is 2.86. The Hall–Kier alpha value is -1.75. The predicted molar refractivity (Wildman–Crippen MR) is 85.6 cm³/mol. The molecule has 1 unspecified atom stereocenters. The maximum absolute atomic E-state index is 4.51. The Kier molecular flexibility index (Phi) is 4.01.